The SMILES string of the molecule is N#Cc1c(F)cccc1NCc1cc(F)ccc1[N+](=O)[O-]. The molecule has 0 saturated carbocycles. The molecule has 2 aromatic rings. The minimum atomic E-state index is -0.698. The van der Waals surface area contributed by atoms with Crippen LogP contribution in [0.2, 0.25) is 0 Å². The minimum Gasteiger partial charge on any atom is -0.380 e. The molecule has 0 aliphatic rings. The Hall–Kier alpha value is -3.01. The summed E-state index contributed by atoms with van der Waals surface area (Å²) in [4.78, 5) is 10.2. The molecule has 0 saturated heterocycles. The maximum absolute atomic E-state index is 13.4. The molecule has 2 rings (SSSR count). The summed E-state index contributed by atoms with van der Waals surface area (Å²) in [5.74, 6) is -1.31. The van der Waals surface area contributed by atoms with Crippen LogP contribution >= 0.6 is 0 Å². The highest BCUT2D eigenvalue weighted by molar-refractivity contribution is 5.58. The van der Waals surface area contributed by atoms with Gasteiger partial charge in [0.1, 0.15) is 23.3 Å². The molecular weight excluding hydrogens is 280 g/mol. The smallest absolute Gasteiger partial charge is 0.274 e. The van der Waals surface area contributed by atoms with Gasteiger partial charge in [0, 0.05) is 12.6 Å². The van der Waals surface area contributed by atoms with Crippen LogP contribution in [0.4, 0.5) is 20.2 Å². The summed E-state index contributed by atoms with van der Waals surface area (Å²) in [6, 6.07) is 8.78. The molecule has 21 heavy (non-hydrogen) atoms. The number of nitro benzene ring substituents is 1. The normalized spacial score (nSPS) is 9.95. The summed E-state index contributed by atoms with van der Waals surface area (Å²) < 4.78 is 26.6. The zero-order valence-electron chi connectivity index (χ0n) is 10.6. The van der Waals surface area contributed by atoms with Gasteiger partial charge < -0.3 is 5.32 Å². The maximum Gasteiger partial charge on any atom is 0.274 e. The van der Waals surface area contributed by atoms with E-state index in [1.807, 2.05) is 0 Å². The molecule has 7 heteroatoms. The van der Waals surface area contributed by atoms with E-state index in [4.69, 9.17) is 5.26 Å². The predicted octanol–water partition coefficient (Wildman–Crippen LogP) is 3.36. The molecule has 0 heterocycles. The number of anilines is 1. The molecule has 0 aliphatic heterocycles. The van der Waals surface area contributed by atoms with Crippen molar-refractivity contribution in [2.24, 2.45) is 0 Å². The topological polar surface area (TPSA) is 79.0 Å². The number of halogens is 2. The maximum atomic E-state index is 13.4. The first-order valence-corrected chi connectivity index (χ1v) is 5.88. The molecule has 0 fully saturated rings. The van der Waals surface area contributed by atoms with E-state index in [0.29, 0.717) is 0 Å². The quantitative estimate of drug-likeness (QED) is 0.691. The lowest BCUT2D eigenvalue weighted by Crippen LogP contribution is -2.05. The Balaban J connectivity index is 2.29. The second-order valence-corrected chi connectivity index (χ2v) is 4.16. The number of benzene rings is 2. The Labute approximate surface area is 118 Å². The Morgan fingerprint density at radius 2 is 2.05 bits per heavy atom. The number of rotatable bonds is 4. The average Bonchev–Trinajstić information content (AvgIpc) is 2.44. The van der Waals surface area contributed by atoms with Gasteiger partial charge in [-0.2, -0.15) is 5.26 Å². The zero-order chi connectivity index (χ0) is 15.4. The molecule has 5 nitrogen and oxygen atoms in total. The first-order chi connectivity index (χ1) is 10.0. The fourth-order valence-corrected chi connectivity index (χ4v) is 1.85. The molecule has 0 amide bonds. The number of hydrogen-bond donors (Lipinski definition) is 1. The molecule has 0 radical (unpaired) electrons. The highest BCUT2D eigenvalue weighted by atomic mass is 19.1. The first kappa shape index (κ1) is 14.4. The minimum absolute atomic E-state index is 0.105. The van der Waals surface area contributed by atoms with Crippen molar-refractivity contribution in [1.29, 1.82) is 5.26 Å². The van der Waals surface area contributed by atoms with Crippen molar-refractivity contribution in [3.05, 3.63) is 69.3 Å². The molecule has 0 spiro atoms. The summed E-state index contributed by atoms with van der Waals surface area (Å²) in [7, 11) is 0. The fraction of sp³-hybridized carbons (Fsp3) is 0.0714. The van der Waals surface area contributed by atoms with Crippen molar-refractivity contribution in [1.82, 2.24) is 0 Å². The van der Waals surface area contributed by atoms with Gasteiger partial charge in [0.2, 0.25) is 0 Å². The van der Waals surface area contributed by atoms with E-state index in [-0.39, 0.29) is 29.0 Å². The van der Waals surface area contributed by atoms with Crippen LogP contribution in [0.15, 0.2) is 36.4 Å². The third-order valence-electron chi connectivity index (χ3n) is 2.83. The third-order valence-corrected chi connectivity index (χ3v) is 2.83. The summed E-state index contributed by atoms with van der Waals surface area (Å²) in [5.41, 5.74) is -0.153. The Morgan fingerprint density at radius 3 is 2.71 bits per heavy atom. The van der Waals surface area contributed by atoms with Crippen molar-refractivity contribution in [2.45, 2.75) is 6.54 Å². The lowest BCUT2D eigenvalue weighted by atomic mass is 10.1. The highest BCUT2D eigenvalue weighted by Gasteiger charge is 2.15. The number of hydrogen-bond acceptors (Lipinski definition) is 4. The van der Waals surface area contributed by atoms with Gasteiger partial charge in [0.05, 0.1) is 16.2 Å². The second-order valence-electron chi connectivity index (χ2n) is 4.16. The lowest BCUT2D eigenvalue weighted by Gasteiger charge is -2.09. The van der Waals surface area contributed by atoms with E-state index in [2.05, 4.69) is 5.32 Å². The Kier molecular flexibility index (Phi) is 4.09. The molecule has 0 unspecified atom stereocenters. The van der Waals surface area contributed by atoms with E-state index in [0.717, 1.165) is 24.3 Å². The summed E-state index contributed by atoms with van der Waals surface area (Å²) in [6.45, 7) is -0.105. The monoisotopic (exact) mass is 289 g/mol. The molecule has 2 aromatic carbocycles. The average molecular weight is 289 g/mol. The molecular formula is C14H9F2N3O2. The number of nitrogens with zero attached hydrogens (tertiary/aromatic N) is 2. The van der Waals surface area contributed by atoms with Gasteiger partial charge >= 0.3 is 0 Å². The number of nitrogens with one attached hydrogen (secondary N) is 1. The molecule has 0 atom stereocenters. The van der Waals surface area contributed by atoms with E-state index < -0.39 is 16.6 Å². The molecule has 1 N–H and O–H groups in total. The molecule has 0 bridgehead atoms. The van der Waals surface area contributed by atoms with E-state index in [1.54, 1.807) is 6.07 Å². The van der Waals surface area contributed by atoms with E-state index >= 15 is 0 Å². The van der Waals surface area contributed by atoms with Crippen LogP contribution in [-0.2, 0) is 6.54 Å². The lowest BCUT2D eigenvalue weighted by molar-refractivity contribution is -0.385. The van der Waals surface area contributed by atoms with Crippen LogP contribution in [0.5, 0.6) is 0 Å². The van der Waals surface area contributed by atoms with Gasteiger partial charge in [-0.1, -0.05) is 6.07 Å². The van der Waals surface area contributed by atoms with Crippen LogP contribution in [0, 0.1) is 33.1 Å². The van der Waals surface area contributed by atoms with Gasteiger partial charge in [-0.3, -0.25) is 10.1 Å². The van der Waals surface area contributed by atoms with Crippen LogP contribution in [0.3, 0.4) is 0 Å². The number of nitriles is 1. The van der Waals surface area contributed by atoms with Crippen LogP contribution in [0.25, 0.3) is 0 Å². The van der Waals surface area contributed by atoms with Crippen molar-refractivity contribution < 1.29 is 13.7 Å². The molecule has 106 valence electrons. The van der Waals surface area contributed by atoms with Crippen LogP contribution in [-0.4, -0.2) is 4.92 Å². The first-order valence-electron chi connectivity index (χ1n) is 5.88. The van der Waals surface area contributed by atoms with Crippen LogP contribution < -0.4 is 5.32 Å². The second kappa shape index (κ2) is 5.96. The van der Waals surface area contributed by atoms with Crippen molar-refractivity contribution in [3.63, 3.8) is 0 Å². The summed E-state index contributed by atoms with van der Waals surface area (Å²) in [6.07, 6.45) is 0. The zero-order valence-corrected chi connectivity index (χ0v) is 10.6. The Morgan fingerprint density at radius 1 is 1.29 bits per heavy atom. The van der Waals surface area contributed by atoms with Crippen molar-refractivity contribution in [2.75, 3.05) is 5.32 Å². The summed E-state index contributed by atoms with van der Waals surface area (Å²) >= 11 is 0. The largest absolute Gasteiger partial charge is 0.380 e. The molecule has 0 aromatic heterocycles. The predicted molar refractivity (Wildman–Crippen MR) is 71.5 cm³/mol. The highest BCUT2D eigenvalue weighted by Crippen LogP contribution is 2.23. The molecule has 0 aliphatic carbocycles. The van der Waals surface area contributed by atoms with Crippen LogP contribution in [0.1, 0.15) is 11.1 Å². The summed E-state index contributed by atoms with van der Waals surface area (Å²) in [5, 5.41) is 22.5. The van der Waals surface area contributed by atoms with Crippen molar-refractivity contribution >= 4 is 11.4 Å². The van der Waals surface area contributed by atoms with E-state index in [9.17, 15) is 18.9 Å². The van der Waals surface area contributed by atoms with Gasteiger partial charge in [0.15, 0.2) is 0 Å². The third kappa shape index (κ3) is 3.12. The van der Waals surface area contributed by atoms with Gasteiger partial charge in [-0.15, -0.1) is 0 Å². The van der Waals surface area contributed by atoms with Gasteiger partial charge in [-0.25, -0.2) is 8.78 Å². The van der Waals surface area contributed by atoms with Gasteiger partial charge in [0.25, 0.3) is 5.69 Å². The fourth-order valence-electron chi connectivity index (χ4n) is 1.85. The number of nitro groups is 1. The van der Waals surface area contributed by atoms with Crippen molar-refractivity contribution in [3.8, 4) is 6.07 Å². The van der Waals surface area contributed by atoms with E-state index in [1.165, 1.54) is 12.1 Å². The Bertz CT molecular complexity index is 741. The van der Waals surface area contributed by atoms with Gasteiger partial charge in [-0.05, 0) is 24.3 Å². The standard InChI is InChI=1S/C14H9F2N3O2/c15-10-4-5-14(19(20)21)9(6-10)8-18-13-3-1-2-12(16)11(13)7-17/h1-6,18H,8H2.